The van der Waals surface area contributed by atoms with Crippen molar-refractivity contribution in [3.05, 3.63) is 29.8 Å². The van der Waals surface area contributed by atoms with Gasteiger partial charge in [0.1, 0.15) is 0 Å². The highest BCUT2D eigenvalue weighted by atomic mass is 16.4. The van der Waals surface area contributed by atoms with Crippen LogP contribution < -0.4 is 10.2 Å². The van der Waals surface area contributed by atoms with Crippen LogP contribution in [-0.2, 0) is 4.79 Å². The van der Waals surface area contributed by atoms with Crippen LogP contribution in [0.3, 0.4) is 0 Å². The number of hydrogen-bond donors (Lipinski definition) is 2. The van der Waals surface area contributed by atoms with Crippen molar-refractivity contribution in [2.75, 3.05) is 11.4 Å². The molecule has 2 N–H and O–H groups in total. The van der Waals surface area contributed by atoms with Crippen molar-refractivity contribution in [2.24, 2.45) is 5.16 Å². The molecule has 3 amide bonds. The Morgan fingerprint density at radius 2 is 2.00 bits per heavy atom. The van der Waals surface area contributed by atoms with Gasteiger partial charge >= 0.3 is 6.03 Å². The van der Waals surface area contributed by atoms with Gasteiger partial charge in [-0.1, -0.05) is 17.3 Å². The molecule has 1 fully saturated rings. The molecule has 0 unspecified atom stereocenters. The van der Waals surface area contributed by atoms with Crippen LogP contribution in [0.1, 0.15) is 5.56 Å². The van der Waals surface area contributed by atoms with Gasteiger partial charge in [-0.05, 0) is 17.7 Å². The topological polar surface area (TPSA) is 82.0 Å². The van der Waals surface area contributed by atoms with E-state index in [9.17, 15) is 9.59 Å². The Balaban J connectivity index is 2.27. The van der Waals surface area contributed by atoms with Crippen molar-refractivity contribution in [3.63, 3.8) is 0 Å². The maximum atomic E-state index is 11.4. The maximum Gasteiger partial charge on any atom is 0.329 e. The van der Waals surface area contributed by atoms with E-state index >= 15 is 0 Å². The number of hydrogen-bond acceptors (Lipinski definition) is 4. The van der Waals surface area contributed by atoms with Gasteiger partial charge in [0.05, 0.1) is 18.4 Å². The lowest BCUT2D eigenvalue weighted by atomic mass is 10.2. The summed E-state index contributed by atoms with van der Waals surface area (Å²) in [6.45, 7) is 0.0265. The number of amides is 3. The van der Waals surface area contributed by atoms with Gasteiger partial charge < -0.3 is 10.5 Å². The third-order valence-corrected chi connectivity index (χ3v) is 2.20. The standard InChI is InChI=1S/C10H9N3O3/c14-9-6-11-10(15)13(9)8-3-1-7(2-4-8)5-12-16/h1-5,16H,6H2,(H,11,15)/b12-5-. The highest BCUT2D eigenvalue weighted by Gasteiger charge is 2.29. The van der Waals surface area contributed by atoms with Crippen molar-refractivity contribution in [1.29, 1.82) is 0 Å². The molecular weight excluding hydrogens is 210 g/mol. The van der Waals surface area contributed by atoms with Crippen molar-refractivity contribution < 1.29 is 14.8 Å². The maximum absolute atomic E-state index is 11.4. The first-order valence-corrected chi connectivity index (χ1v) is 4.60. The zero-order valence-corrected chi connectivity index (χ0v) is 8.25. The second-order valence-corrected chi connectivity index (χ2v) is 3.22. The Kier molecular flexibility index (Phi) is 2.55. The van der Waals surface area contributed by atoms with Crippen LogP contribution in [0.15, 0.2) is 29.4 Å². The smallest absolute Gasteiger partial charge is 0.329 e. The van der Waals surface area contributed by atoms with Gasteiger partial charge in [0.15, 0.2) is 0 Å². The molecule has 0 bridgehead atoms. The number of imide groups is 1. The lowest BCUT2D eigenvalue weighted by Crippen LogP contribution is -2.30. The highest BCUT2D eigenvalue weighted by molar-refractivity contribution is 6.19. The summed E-state index contributed by atoms with van der Waals surface area (Å²) in [5, 5.41) is 13.6. The van der Waals surface area contributed by atoms with Gasteiger partial charge in [0.2, 0.25) is 0 Å². The van der Waals surface area contributed by atoms with E-state index in [4.69, 9.17) is 5.21 Å². The van der Waals surface area contributed by atoms with Crippen LogP contribution in [0.5, 0.6) is 0 Å². The monoisotopic (exact) mass is 219 g/mol. The first-order valence-electron chi connectivity index (χ1n) is 4.60. The van der Waals surface area contributed by atoms with E-state index in [2.05, 4.69) is 10.5 Å². The summed E-state index contributed by atoms with van der Waals surface area (Å²) in [5.41, 5.74) is 1.17. The fourth-order valence-electron chi connectivity index (χ4n) is 1.46. The van der Waals surface area contributed by atoms with Crippen LogP contribution in [0.2, 0.25) is 0 Å². The number of urea groups is 1. The zero-order valence-electron chi connectivity index (χ0n) is 8.25. The number of carbonyl (C=O) groups is 2. The number of nitrogens with zero attached hydrogens (tertiary/aromatic N) is 2. The molecule has 6 heteroatoms. The summed E-state index contributed by atoms with van der Waals surface area (Å²) in [7, 11) is 0. The van der Waals surface area contributed by atoms with Crippen LogP contribution in [-0.4, -0.2) is 29.9 Å². The fraction of sp³-hybridized carbons (Fsp3) is 0.100. The molecule has 0 aliphatic carbocycles. The summed E-state index contributed by atoms with van der Waals surface area (Å²) in [6.07, 6.45) is 1.26. The van der Waals surface area contributed by atoms with Gasteiger partial charge in [-0.15, -0.1) is 0 Å². The van der Waals surface area contributed by atoms with Gasteiger partial charge in [0, 0.05) is 0 Å². The zero-order chi connectivity index (χ0) is 11.5. The molecule has 6 nitrogen and oxygen atoms in total. The molecule has 0 radical (unpaired) electrons. The molecule has 1 aliphatic heterocycles. The summed E-state index contributed by atoms with van der Waals surface area (Å²) in [5.74, 6) is -0.284. The average molecular weight is 219 g/mol. The number of rotatable bonds is 2. The SMILES string of the molecule is O=C1CNC(=O)N1c1ccc(/C=N\O)cc1. The predicted molar refractivity (Wildman–Crippen MR) is 56.7 cm³/mol. The van der Waals surface area contributed by atoms with E-state index in [0.29, 0.717) is 11.3 Å². The molecule has 2 rings (SSSR count). The Labute approximate surface area is 91.2 Å². The van der Waals surface area contributed by atoms with Gasteiger partial charge in [-0.2, -0.15) is 0 Å². The van der Waals surface area contributed by atoms with Crippen molar-refractivity contribution >= 4 is 23.8 Å². The number of benzene rings is 1. The molecule has 1 aliphatic rings. The second kappa shape index (κ2) is 4.01. The number of nitrogens with one attached hydrogen (secondary N) is 1. The highest BCUT2D eigenvalue weighted by Crippen LogP contribution is 2.17. The summed E-state index contributed by atoms with van der Waals surface area (Å²) < 4.78 is 0. The molecule has 1 saturated heterocycles. The van der Waals surface area contributed by atoms with E-state index < -0.39 is 6.03 Å². The number of oxime groups is 1. The fourth-order valence-corrected chi connectivity index (χ4v) is 1.46. The molecule has 0 atom stereocenters. The molecule has 0 saturated carbocycles. The minimum Gasteiger partial charge on any atom is -0.411 e. The third kappa shape index (κ3) is 1.72. The van der Waals surface area contributed by atoms with E-state index in [1.165, 1.54) is 6.21 Å². The molecule has 0 aromatic heterocycles. The van der Waals surface area contributed by atoms with Crippen LogP contribution in [0.4, 0.5) is 10.5 Å². The molecule has 82 valence electrons. The van der Waals surface area contributed by atoms with E-state index in [0.717, 1.165) is 4.90 Å². The summed E-state index contributed by atoms with van der Waals surface area (Å²) in [4.78, 5) is 23.8. The van der Waals surface area contributed by atoms with E-state index in [1.54, 1.807) is 24.3 Å². The average Bonchev–Trinajstić information content (AvgIpc) is 2.61. The molecule has 1 aromatic rings. The minimum atomic E-state index is -0.423. The first-order chi connectivity index (χ1) is 7.72. The number of carbonyl (C=O) groups excluding carboxylic acids is 2. The van der Waals surface area contributed by atoms with Crippen LogP contribution in [0, 0.1) is 0 Å². The Morgan fingerprint density at radius 1 is 1.31 bits per heavy atom. The van der Waals surface area contributed by atoms with Crippen molar-refractivity contribution in [3.8, 4) is 0 Å². The molecule has 0 spiro atoms. The van der Waals surface area contributed by atoms with Gasteiger partial charge in [-0.3, -0.25) is 4.79 Å². The summed E-state index contributed by atoms with van der Waals surface area (Å²) >= 11 is 0. The second-order valence-electron chi connectivity index (χ2n) is 3.22. The third-order valence-electron chi connectivity index (χ3n) is 2.20. The lowest BCUT2D eigenvalue weighted by molar-refractivity contribution is -0.115. The van der Waals surface area contributed by atoms with Crippen molar-refractivity contribution in [1.82, 2.24) is 5.32 Å². The quantitative estimate of drug-likeness (QED) is 0.330. The molecule has 16 heavy (non-hydrogen) atoms. The molecule has 1 heterocycles. The van der Waals surface area contributed by atoms with Crippen LogP contribution >= 0.6 is 0 Å². The molecular formula is C10H9N3O3. The lowest BCUT2D eigenvalue weighted by Gasteiger charge is -2.11. The normalized spacial score (nSPS) is 15.9. The minimum absolute atomic E-state index is 0.0265. The predicted octanol–water partition coefficient (Wildman–Crippen LogP) is 0.551. The van der Waals surface area contributed by atoms with Crippen molar-refractivity contribution in [2.45, 2.75) is 0 Å². The Morgan fingerprint density at radius 3 is 2.50 bits per heavy atom. The Hall–Kier alpha value is -2.37. The molecule has 1 aromatic carbocycles. The largest absolute Gasteiger partial charge is 0.411 e. The number of anilines is 1. The van der Waals surface area contributed by atoms with Crippen LogP contribution in [0.25, 0.3) is 0 Å². The van der Waals surface area contributed by atoms with Gasteiger partial charge in [0.25, 0.3) is 5.91 Å². The van der Waals surface area contributed by atoms with E-state index in [-0.39, 0.29) is 12.5 Å². The first kappa shape index (κ1) is 10.2. The summed E-state index contributed by atoms with van der Waals surface area (Å²) in [6, 6.07) is 6.09. The van der Waals surface area contributed by atoms with Gasteiger partial charge in [-0.25, -0.2) is 9.69 Å². The Bertz CT molecular complexity index is 437. The van der Waals surface area contributed by atoms with E-state index in [1.807, 2.05) is 0 Å².